The van der Waals surface area contributed by atoms with E-state index < -0.39 is 0 Å². The molecule has 3 heteroatoms. The number of halogens is 1. The molecule has 0 aromatic heterocycles. The second kappa shape index (κ2) is 6.53. The van der Waals surface area contributed by atoms with E-state index >= 15 is 0 Å². The Morgan fingerprint density at radius 2 is 2.16 bits per heavy atom. The average Bonchev–Trinajstić information content (AvgIpc) is 2.30. The largest absolute Gasteiger partial charge is 0.378 e. The van der Waals surface area contributed by atoms with Crippen LogP contribution in [-0.4, -0.2) is 18.5 Å². The predicted octanol–water partition coefficient (Wildman–Crippen LogP) is 3.97. The molecule has 0 atom stereocenters. The van der Waals surface area contributed by atoms with Gasteiger partial charge in [0.2, 0.25) is 0 Å². The number of carbonyl (C=O) groups is 1. The predicted molar refractivity (Wildman–Crippen MR) is 77.7 cm³/mol. The maximum absolute atomic E-state index is 12.0. The van der Waals surface area contributed by atoms with Gasteiger partial charge in [0.1, 0.15) is 5.78 Å². The fourth-order valence-electron chi connectivity index (χ4n) is 2.62. The minimum atomic E-state index is 0.283. The topological polar surface area (TPSA) is 26.3 Å². The van der Waals surface area contributed by atoms with Crippen LogP contribution in [0.15, 0.2) is 18.2 Å². The third kappa shape index (κ3) is 4.05. The molecule has 2 nitrogen and oxygen atoms in total. The normalized spacial score (nSPS) is 22.1. The number of carbonyl (C=O) groups excluding carboxylic acids is 1. The number of aryl methyl sites for hydroxylation is 1. The molecule has 2 rings (SSSR count). The third-order valence-corrected chi connectivity index (χ3v) is 4.06. The van der Waals surface area contributed by atoms with Crippen molar-refractivity contribution >= 4 is 17.4 Å². The molecule has 1 aliphatic rings. The molecule has 0 radical (unpaired) electrons. The van der Waals surface area contributed by atoms with Crippen molar-refractivity contribution in [3.8, 4) is 0 Å². The zero-order chi connectivity index (χ0) is 13.8. The maximum Gasteiger partial charge on any atom is 0.137 e. The second-order valence-electron chi connectivity index (χ2n) is 5.43. The van der Waals surface area contributed by atoms with Gasteiger partial charge in [-0.1, -0.05) is 23.7 Å². The highest BCUT2D eigenvalue weighted by Gasteiger charge is 2.30. The van der Waals surface area contributed by atoms with Gasteiger partial charge >= 0.3 is 0 Å². The summed E-state index contributed by atoms with van der Waals surface area (Å²) >= 11 is 6.15. The van der Waals surface area contributed by atoms with E-state index in [0.29, 0.717) is 29.9 Å². The molecule has 19 heavy (non-hydrogen) atoms. The lowest BCUT2D eigenvalue weighted by Crippen LogP contribution is -2.33. The van der Waals surface area contributed by atoms with Gasteiger partial charge in [-0.25, -0.2) is 0 Å². The van der Waals surface area contributed by atoms with E-state index in [1.165, 1.54) is 0 Å². The van der Waals surface area contributed by atoms with Crippen LogP contribution in [0.1, 0.15) is 37.3 Å². The van der Waals surface area contributed by atoms with Gasteiger partial charge in [-0.2, -0.15) is 0 Å². The quantitative estimate of drug-likeness (QED) is 0.788. The van der Waals surface area contributed by atoms with Crippen molar-refractivity contribution in [3.05, 3.63) is 34.3 Å². The molecular formula is C16H21ClO2. The third-order valence-electron chi connectivity index (χ3n) is 3.71. The molecule has 1 aromatic rings. The number of benzene rings is 1. The molecule has 0 bridgehead atoms. The molecule has 1 fully saturated rings. The summed E-state index contributed by atoms with van der Waals surface area (Å²) in [6.45, 7) is 4.78. The number of hydrogen-bond donors (Lipinski definition) is 0. The number of rotatable bonds is 6. The first kappa shape index (κ1) is 14.5. The van der Waals surface area contributed by atoms with E-state index in [9.17, 15) is 4.79 Å². The minimum Gasteiger partial charge on any atom is -0.378 e. The molecule has 0 amide bonds. The minimum absolute atomic E-state index is 0.283. The molecule has 0 N–H and O–H groups in total. The van der Waals surface area contributed by atoms with Gasteiger partial charge in [0.05, 0.1) is 6.10 Å². The van der Waals surface area contributed by atoms with Crippen LogP contribution in [0.25, 0.3) is 0 Å². The first-order valence-electron chi connectivity index (χ1n) is 6.96. The number of hydrogen-bond acceptors (Lipinski definition) is 2. The molecule has 1 aliphatic carbocycles. The lowest BCUT2D eigenvalue weighted by molar-refractivity contribution is -0.121. The van der Waals surface area contributed by atoms with Crippen molar-refractivity contribution in [2.75, 3.05) is 6.61 Å². The summed E-state index contributed by atoms with van der Waals surface area (Å²) in [6.07, 6.45) is 3.55. The molecule has 104 valence electrons. The molecule has 0 spiro atoms. The van der Waals surface area contributed by atoms with Crippen LogP contribution < -0.4 is 0 Å². The Labute approximate surface area is 120 Å². The highest BCUT2D eigenvalue weighted by molar-refractivity contribution is 6.31. The molecule has 0 heterocycles. The lowest BCUT2D eigenvalue weighted by atomic mass is 9.78. The number of ketones is 1. The summed E-state index contributed by atoms with van der Waals surface area (Å²) in [6, 6.07) is 5.88. The second-order valence-corrected chi connectivity index (χ2v) is 5.84. The van der Waals surface area contributed by atoms with Gasteiger partial charge in [-0.15, -0.1) is 0 Å². The summed E-state index contributed by atoms with van der Waals surface area (Å²) in [5.74, 6) is 0.791. The van der Waals surface area contributed by atoms with Crippen LogP contribution in [0, 0.1) is 12.8 Å². The van der Waals surface area contributed by atoms with E-state index in [1.54, 1.807) is 0 Å². The van der Waals surface area contributed by atoms with E-state index in [1.807, 2.05) is 32.0 Å². The zero-order valence-corrected chi connectivity index (χ0v) is 12.4. The summed E-state index contributed by atoms with van der Waals surface area (Å²) in [7, 11) is 0. The van der Waals surface area contributed by atoms with Gasteiger partial charge in [0.15, 0.2) is 0 Å². The summed E-state index contributed by atoms with van der Waals surface area (Å²) in [5, 5.41) is 0.703. The SMILES string of the molecule is CCOC1CC(CC(=O)Cc2ccc(C)cc2Cl)C1. The van der Waals surface area contributed by atoms with E-state index in [4.69, 9.17) is 16.3 Å². The highest BCUT2D eigenvalue weighted by atomic mass is 35.5. The first-order valence-corrected chi connectivity index (χ1v) is 7.34. The average molecular weight is 281 g/mol. The molecule has 1 aromatic carbocycles. The van der Waals surface area contributed by atoms with Gasteiger partial charge in [0.25, 0.3) is 0 Å². The van der Waals surface area contributed by atoms with Gasteiger partial charge < -0.3 is 4.74 Å². The van der Waals surface area contributed by atoms with Crippen LogP contribution in [0.4, 0.5) is 0 Å². The molecule has 0 aliphatic heterocycles. The summed E-state index contributed by atoms with van der Waals surface area (Å²) in [5.41, 5.74) is 2.07. The van der Waals surface area contributed by atoms with Crippen molar-refractivity contribution in [3.63, 3.8) is 0 Å². The maximum atomic E-state index is 12.0. The van der Waals surface area contributed by atoms with E-state index in [-0.39, 0.29) is 5.78 Å². The Bertz CT molecular complexity index is 450. The number of Topliss-reactive ketones (excluding diaryl/α,β-unsaturated/α-hetero) is 1. The molecule has 0 saturated heterocycles. The Kier molecular flexibility index (Phi) is 5.00. The van der Waals surface area contributed by atoms with Crippen LogP contribution in [0.2, 0.25) is 5.02 Å². The van der Waals surface area contributed by atoms with Gasteiger partial charge in [-0.05, 0) is 49.8 Å². The van der Waals surface area contributed by atoms with Gasteiger partial charge in [0, 0.05) is 24.5 Å². The fraction of sp³-hybridized carbons (Fsp3) is 0.562. The van der Waals surface area contributed by atoms with Crippen LogP contribution in [0.5, 0.6) is 0 Å². The fourth-order valence-corrected chi connectivity index (χ4v) is 2.92. The monoisotopic (exact) mass is 280 g/mol. The van der Waals surface area contributed by atoms with E-state index in [2.05, 4.69) is 0 Å². The van der Waals surface area contributed by atoms with Gasteiger partial charge in [-0.3, -0.25) is 4.79 Å². The van der Waals surface area contributed by atoms with E-state index in [0.717, 1.165) is 30.6 Å². The van der Waals surface area contributed by atoms with Crippen molar-refractivity contribution in [2.45, 2.75) is 45.6 Å². The highest BCUT2D eigenvalue weighted by Crippen LogP contribution is 2.33. The van der Waals surface area contributed by atoms with Crippen molar-refractivity contribution < 1.29 is 9.53 Å². The van der Waals surface area contributed by atoms with Crippen LogP contribution in [0.3, 0.4) is 0 Å². The van der Waals surface area contributed by atoms with Crippen molar-refractivity contribution in [1.82, 2.24) is 0 Å². The molecule has 1 saturated carbocycles. The van der Waals surface area contributed by atoms with Crippen molar-refractivity contribution in [1.29, 1.82) is 0 Å². The van der Waals surface area contributed by atoms with Crippen LogP contribution >= 0.6 is 11.6 Å². The Morgan fingerprint density at radius 3 is 2.79 bits per heavy atom. The Balaban J connectivity index is 1.79. The molecule has 0 unspecified atom stereocenters. The smallest absolute Gasteiger partial charge is 0.137 e. The summed E-state index contributed by atoms with van der Waals surface area (Å²) < 4.78 is 5.51. The standard InChI is InChI=1S/C16H21ClO2/c1-3-19-15-8-12(9-15)7-14(18)10-13-5-4-11(2)6-16(13)17/h4-6,12,15H,3,7-10H2,1-2H3. The Morgan fingerprint density at radius 1 is 1.42 bits per heavy atom. The zero-order valence-electron chi connectivity index (χ0n) is 11.6. The summed E-state index contributed by atoms with van der Waals surface area (Å²) in [4.78, 5) is 12.0. The lowest BCUT2D eigenvalue weighted by Gasteiger charge is -2.34. The van der Waals surface area contributed by atoms with Crippen LogP contribution in [-0.2, 0) is 16.0 Å². The first-order chi connectivity index (χ1) is 9.08. The molecular weight excluding hydrogens is 260 g/mol. The van der Waals surface area contributed by atoms with Crippen molar-refractivity contribution in [2.24, 2.45) is 5.92 Å². The number of ether oxygens (including phenoxy) is 1. The Hall–Kier alpha value is -0.860.